The Balaban J connectivity index is 1.29. The lowest BCUT2D eigenvalue weighted by Crippen LogP contribution is -2.38. The maximum atomic E-state index is 12.9. The molecule has 5 nitrogen and oxygen atoms in total. The van der Waals surface area contributed by atoms with Crippen molar-refractivity contribution in [2.45, 2.75) is 57.0 Å². The van der Waals surface area contributed by atoms with E-state index in [4.69, 9.17) is 0 Å². The van der Waals surface area contributed by atoms with E-state index in [1.807, 2.05) is 18.2 Å². The molecule has 1 saturated heterocycles. The van der Waals surface area contributed by atoms with Crippen LogP contribution in [-0.4, -0.2) is 39.3 Å². The van der Waals surface area contributed by atoms with Gasteiger partial charge in [-0.15, -0.1) is 10.2 Å². The SMILES string of the molecule is CC1(C)C[C@@H]2C[C@@](C)(CN2C(=O)CSc2nnc(NCc3ccccc3)s2)C1. The lowest BCUT2D eigenvalue weighted by atomic mass is 9.65. The number of benzene rings is 1. The summed E-state index contributed by atoms with van der Waals surface area (Å²) in [6.07, 6.45) is 3.48. The number of thioether (sulfide) groups is 1. The van der Waals surface area contributed by atoms with Crippen LogP contribution in [0.25, 0.3) is 0 Å². The predicted molar refractivity (Wildman–Crippen MR) is 116 cm³/mol. The molecule has 4 rings (SSSR count). The summed E-state index contributed by atoms with van der Waals surface area (Å²) < 4.78 is 0.845. The highest BCUT2D eigenvalue weighted by atomic mass is 32.2. The van der Waals surface area contributed by atoms with Crippen molar-refractivity contribution < 1.29 is 4.79 Å². The predicted octanol–water partition coefficient (Wildman–Crippen LogP) is 4.67. The van der Waals surface area contributed by atoms with Gasteiger partial charge in [0.1, 0.15) is 0 Å². The molecule has 1 aliphatic carbocycles. The Hall–Kier alpha value is -1.60. The highest BCUT2D eigenvalue weighted by Crippen LogP contribution is 2.52. The van der Waals surface area contributed by atoms with Gasteiger partial charge >= 0.3 is 0 Å². The Kier molecular flexibility index (Phi) is 5.40. The highest BCUT2D eigenvalue weighted by molar-refractivity contribution is 8.01. The van der Waals surface area contributed by atoms with Gasteiger partial charge in [-0.3, -0.25) is 4.79 Å². The van der Waals surface area contributed by atoms with E-state index >= 15 is 0 Å². The van der Waals surface area contributed by atoms with E-state index in [0.29, 0.717) is 17.2 Å². The molecule has 2 aliphatic rings. The maximum Gasteiger partial charge on any atom is 0.233 e. The number of hydrogen-bond donors (Lipinski definition) is 1. The van der Waals surface area contributed by atoms with Crippen LogP contribution in [0.2, 0.25) is 0 Å². The second-order valence-corrected chi connectivity index (χ2v) is 11.4. The minimum absolute atomic E-state index is 0.241. The molecule has 1 aliphatic heterocycles. The molecule has 150 valence electrons. The first-order valence-corrected chi connectivity index (χ1v) is 11.7. The molecule has 1 aromatic carbocycles. The number of nitrogens with one attached hydrogen (secondary N) is 1. The Morgan fingerprint density at radius 3 is 2.82 bits per heavy atom. The Labute approximate surface area is 175 Å². The molecule has 1 amide bonds. The van der Waals surface area contributed by atoms with Crippen LogP contribution in [0, 0.1) is 10.8 Å². The minimum Gasteiger partial charge on any atom is -0.356 e. The summed E-state index contributed by atoms with van der Waals surface area (Å²) in [5.41, 5.74) is 1.82. The molecule has 0 radical (unpaired) electrons. The zero-order valence-electron chi connectivity index (χ0n) is 16.8. The number of aromatic nitrogens is 2. The van der Waals surface area contributed by atoms with Crippen LogP contribution < -0.4 is 5.32 Å². The van der Waals surface area contributed by atoms with Gasteiger partial charge < -0.3 is 10.2 Å². The summed E-state index contributed by atoms with van der Waals surface area (Å²) in [4.78, 5) is 15.0. The van der Waals surface area contributed by atoms with Crippen LogP contribution in [0.3, 0.4) is 0 Å². The first kappa shape index (κ1) is 19.7. The van der Waals surface area contributed by atoms with Crippen molar-refractivity contribution in [1.82, 2.24) is 15.1 Å². The number of amides is 1. The third-order valence-corrected chi connectivity index (χ3v) is 7.75. The number of rotatable bonds is 6. The molecule has 28 heavy (non-hydrogen) atoms. The number of carbonyl (C=O) groups is 1. The van der Waals surface area contributed by atoms with Crippen LogP contribution in [0.4, 0.5) is 5.13 Å². The second-order valence-electron chi connectivity index (χ2n) is 9.24. The molecule has 1 saturated carbocycles. The fraction of sp³-hybridized carbons (Fsp3) is 0.571. The number of nitrogens with zero attached hydrogens (tertiary/aromatic N) is 3. The van der Waals surface area contributed by atoms with Gasteiger partial charge in [0.2, 0.25) is 11.0 Å². The average molecular weight is 417 g/mol. The van der Waals surface area contributed by atoms with Gasteiger partial charge in [0, 0.05) is 19.1 Å². The third-order valence-electron chi connectivity index (χ3n) is 5.75. The van der Waals surface area contributed by atoms with Gasteiger partial charge in [-0.05, 0) is 35.7 Å². The van der Waals surface area contributed by atoms with E-state index in [2.05, 4.69) is 53.3 Å². The summed E-state index contributed by atoms with van der Waals surface area (Å²) in [6.45, 7) is 8.65. The molecule has 7 heteroatoms. The van der Waals surface area contributed by atoms with Gasteiger partial charge in [0.05, 0.1) is 5.75 Å². The van der Waals surface area contributed by atoms with Gasteiger partial charge in [-0.25, -0.2) is 0 Å². The molecular weight excluding hydrogens is 388 g/mol. The van der Waals surface area contributed by atoms with Crippen LogP contribution in [0.1, 0.15) is 45.6 Å². The van der Waals surface area contributed by atoms with Gasteiger partial charge in [0.25, 0.3) is 0 Å². The van der Waals surface area contributed by atoms with Crippen LogP contribution in [0.5, 0.6) is 0 Å². The minimum atomic E-state index is 0.241. The largest absolute Gasteiger partial charge is 0.356 e. The first-order valence-electron chi connectivity index (χ1n) is 9.86. The lowest BCUT2D eigenvalue weighted by Gasteiger charge is -2.39. The average Bonchev–Trinajstić information content (AvgIpc) is 3.19. The quantitative estimate of drug-likeness (QED) is 0.694. The maximum absolute atomic E-state index is 12.9. The van der Waals surface area contributed by atoms with Crippen LogP contribution >= 0.6 is 23.1 Å². The van der Waals surface area contributed by atoms with Crippen molar-refractivity contribution in [3.63, 3.8) is 0 Å². The van der Waals surface area contributed by atoms with E-state index in [9.17, 15) is 4.79 Å². The van der Waals surface area contributed by atoms with Crippen molar-refractivity contribution in [3.8, 4) is 0 Å². The van der Waals surface area contributed by atoms with E-state index in [1.54, 1.807) is 0 Å². The van der Waals surface area contributed by atoms with Gasteiger partial charge in [-0.2, -0.15) is 0 Å². The van der Waals surface area contributed by atoms with Gasteiger partial charge in [0.15, 0.2) is 4.34 Å². The smallest absolute Gasteiger partial charge is 0.233 e. The van der Waals surface area contributed by atoms with Crippen molar-refractivity contribution >= 4 is 34.1 Å². The number of fused-ring (bicyclic) bond motifs is 2. The number of anilines is 1. The molecule has 2 aromatic rings. The number of carbonyl (C=O) groups excluding carboxylic acids is 1. The fourth-order valence-corrected chi connectivity index (χ4v) is 6.70. The standard InChI is InChI=1S/C21H28N4OS2/c1-20(2)9-16-10-21(3,13-20)14-25(16)17(26)12-27-19-24-23-18(28-19)22-11-15-7-5-4-6-8-15/h4-8,16H,9-14H2,1-3H3,(H,22,23)/t16-,21-/m1/s1. The fourth-order valence-electron chi connectivity index (χ4n) is 5.07. The first-order chi connectivity index (χ1) is 13.3. The van der Waals surface area contributed by atoms with Gasteiger partial charge in [-0.1, -0.05) is 74.2 Å². The molecule has 2 fully saturated rings. The Bertz CT molecular complexity index is 838. The molecule has 1 aromatic heterocycles. The normalized spacial score (nSPS) is 25.7. The molecule has 0 spiro atoms. The monoisotopic (exact) mass is 416 g/mol. The highest BCUT2D eigenvalue weighted by Gasteiger charge is 2.50. The van der Waals surface area contributed by atoms with E-state index in [-0.39, 0.29) is 11.3 Å². The summed E-state index contributed by atoms with van der Waals surface area (Å²) in [5.74, 6) is 0.686. The van der Waals surface area contributed by atoms with Crippen LogP contribution in [-0.2, 0) is 11.3 Å². The molecule has 0 unspecified atom stereocenters. The topological polar surface area (TPSA) is 58.1 Å². The van der Waals surface area contributed by atoms with Crippen molar-refractivity contribution in [3.05, 3.63) is 35.9 Å². The number of likely N-dealkylation sites (tertiary alicyclic amines) is 1. The molecule has 2 heterocycles. The van der Waals surface area contributed by atoms with E-state index < -0.39 is 0 Å². The number of hydrogen-bond acceptors (Lipinski definition) is 6. The van der Waals surface area contributed by atoms with Crippen molar-refractivity contribution in [2.24, 2.45) is 10.8 Å². The molecule has 2 atom stereocenters. The molecular formula is C21H28N4OS2. The summed E-state index contributed by atoms with van der Waals surface area (Å²) in [5, 5.41) is 12.5. The lowest BCUT2D eigenvalue weighted by molar-refractivity contribution is -0.129. The zero-order chi connectivity index (χ0) is 19.8. The van der Waals surface area contributed by atoms with Crippen molar-refractivity contribution in [2.75, 3.05) is 17.6 Å². The molecule has 1 N–H and O–H groups in total. The zero-order valence-corrected chi connectivity index (χ0v) is 18.4. The third kappa shape index (κ3) is 4.51. The van der Waals surface area contributed by atoms with E-state index in [0.717, 1.165) is 35.4 Å². The summed E-state index contributed by atoms with van der Waals surface area (Å²) >= 11 is 3.02. The summed E-state index contributed by atoms with van der Waals surface area (Å²) in [6, 6.07) is 10.6. The van der Waals surface area contributed by atoms with Crippen molar-refractivity contribution in [1.29, 1.82) is 0 Å². The Morgan fingerprint density at radius 1 is 1.25 bits per heavy atom. The second kappa shape index (κ2) is 7.67. The Morgan fingerprint density at radius 2 is 2.04 bits per heavy atom. The summed E-state index contributed by atoms with van der Waals surface area (Å²) in [7, 11) is 0. The van der Waals surface area contributed by atoms with E-state index in [1.165, 1.54) is 35.1 Å². The molecule has 2 bridgehead atoms. The van der Waals surface area contributed by atoms with Crippen LogP contribution in [0.15, 0.2) is 34.7 Å².